The molecule has 2 rings (SSSR count). The van der Waals surface area contributed by atoms with Crippen LogP contribution in [0.3, 0.4) is 0 Å². The van der Waals surface area contributed by atoms with Gasteiger partial charge in [-0.15, -0.1) is 19.7 Å². The second-order valence-corrected chi connectivity index (χ2v) is 2.86. The Kier molecular flexibility index (Phi) is 8.53. The molecule has 0 aromatic carbocycles. The Balaban J connectivity index is 0.000000294. The second-order valence-electron chi connectivity index (χ2n) is 2.86. The third-order valence-corrected chi connectivity index (χ3v) is 1.41. The molecule has 0 aromatic heterocycles. The smallest absolute Gasteiger partial charge is 0.104 e. The van der Waals surface area contributed by atoms with Gasteiger partial charge in [0.25, 0.3) is 0 Å². The summed E-state index contributed by atoms with van der Waals surface area (Å²) in [5.74, 6) is 0. The molecule has 14 heavy (non-hydrogen) atoms. The van der Waals surface area contributed by atoms with Crippen LogP contribution in [0.25, 0.3) is 0 Å². The van der Waals surface area contributed by atoms with Gasteiger partial charge in [0.15, 0.2) is 0 Å². The van der Waals surface area contributed by atoms with Gasteiger partial charge < -0.3 is 14.2 Å². The molecule has 0 spiro atoms. The van der Waals surface area contributed by atoms with Crippen LogP contribution in [0.15, 0.2) is 25.8 Å². The Bertz CT molecular complexity index is 127. The molecule has 2 aliphatic rings. The van der Waals surface area contributed by atoms with E-state index >= 15 is 0 Å². The summed E-state index contributed by atoms with van der Waals surface area (Å²) in [4.78, 5) is 0. The minimum atomic E-state index is 0.392. The minimum absolute atomic E-state index is 0.392. The van der Waals surface area contributed by atoms with Gasteiger partial charge in [-0.25, -0.2) is 0 Å². The lowest BCUT2D eigenvalue weighted by Gasteiger charge is -1.95. The van der Waals surface area contributed by atoms with Crippen LogP contribution in [-0.4, -0.2) is 38.6 Å². The molecule has 2 unspecified atom stereocenters. The molecule has 2 fully saturated rings. The first-order valence-electron chi connectivity index (χ1n) is 4.74. The highest BCUT2D eigenvalue weighted by Crippen LogP contribution is 2.12. The minimum Gasteiger partial charge on any atom is -0.376 e. The van der Waals surface area contributed by atoms with Gasteiger partial charge >= 0.3 is 0 Å². The number of rotatable bonds is 4. The molecule has 0 aliphatic carbocycles. The molecule has 0 amide bonds. The molecule has 0 radical (unpaired) electrons. The summed E-state index contributed by atoms with van der Waals surface area (Å²) in [6.45, 7) is 14.5. The van der Waals surface area contributed by atoms with Gasteiger partial charge in [-0.1, -0.05) is 6.08 Å². The van der Waals surface area contributed by atoms with Crippen LogP contribution in [0.2, 0.25) is 0 Å². The van der Waals surface area contributed by atoms with E-state index in [-0.39, 0.29) is 0 Å². The van der Waals surface area contributed by atoms with Crippen molar-refractivity contribution in [2.45, 2.75) is 19.1 Å². The molecule has 0 bridgehead atoms. The lowest BCUT2D eigenvalue weighted by atomic mass is 10.5. The van der Waals surface area contributed by atoms with Crippen molar-refractivity contribution in [3.63, 3.8) is 0 Å². The van der Waals surface area contributed by atoms with Gasteiger partial charge in [0.2, 0.25) is 0 Å². The molecule has 2 saturated heterocycles. The SMILES string of the molecule is C(OCC1CO1)C1CO1.C=C.C=CC. The van der Waals surface area contributed by atoms with Crippen molar-refractivity contribution < 1.29 is 14.2 Å². The van der Waals surface area contributed by atoms with E-state index in [1.165, 1.54) is 0 Å². The van der Waals surface area contributed by atoms with Crippen LogP contribution < -0.4 is 0 Å². The Morgan fingerprint density at radius 3 is 1.71 bits per heavy atom. The zero-order valence-corrected chi connectivity index (χ0v) is 8.91. The maximum absolute atomic E-state index is 5.23. The molecule has 0 saturated carbocycles. The Morgan fingerprint density at radius 1 is 1.21 bits per heavy atom. The van der Waals surface area contributed by atoms with Crippen molar-refractivity contribution in [2.75, 3.05) is 26.4 Å². The van der Waals surface area contributed by atoms with E-state index in [0.29, 0.717) is 12.2 Å². The summed E-state index contributed by atoms with van der Waals surface area (Å²) >= 11 is 0. The first kappa shape index (κ1) is 13.4. The Hall–Kier alpha value is -0.640. The average Bonchev–Trinajstić information content (AvgIpc) is 3.03. The predicted octanol–water partition coefficient (Wildman–Crippen LogP) is 1.80. The van der Waals surface area contributed by atoms with Gasteiger partial charge in [0.1, 0.15) is 12.2 Å². The first-order valence-corrected chi connectivity index (χ1v) is 4.74. The normalized spacial score (nSPS) is 26.1. The summed E-state index contributed by atoms with van der Waals surface area (Å²) in [6, 6.07) is 0. The van der Waals surface area contributed by atoms with Crippen LogP contribution in [0.1, 0.15) is 6.92 Å². The van der Waals surface area contributed by atoms with Crippen molar-refractivity contribution in [1.29, 1.82) is 0 Å². The molecule has 2 aliphatic heterocycles. The van der Waals surface area contributed by atoms with E-state index in [1.807, 2.05) is 6.92 Å². The van der Waals surface area contributed by atoms with E-state index in [2.05, 4.69) is 19.7 Å². The molecule has 2 atom stereocenters. The number of ether oxygens (including phenoxy) is 3. The molecule has 3 heteroatoms. The summed E-state index contributed by atoms with van der Waals surface area (Å²) in [6.07, 6.45) is 2.53. The average molecular weight is 200 g/mol. The molecule has 82 valence electrons. The maximum atomic E-state index is 5.23. The summed E-state index contributed by atoms with van der Waals surface area (Å²) < 4.78 is 15.1. The fourth-order valence-electron chi connectivity index (χ4n) is 0.659. The fraction of sp³-hybridized carbons (Fsp3) is 0.636. The van der Waals surface area contributed by atoms with E-state index < -0.39 is 0 Å². The van der Waals surface area contributed by atoms with E-state index in [1.54, 1.807) is 6.08 Å². The van der Waals surface area contributed by atoms with Gasteiger partial charge in [0, 0.05) is 0 Å². The van der Waals surface area contributed by atoms with Gasteiger partial charge in [-0.3, -0.25) is 0 Å². The van der Waals surface area contributed by atoms with Crippen molar-refractivity contribution in [3.8, 4) is 0 Å². The standard InChI is InChI=1S/C6H10O3.C3H6.C2H4/c1(5-3-8-5)7-2-6-4-9-6;1-3-2;1-2/h5-6H,1-4H2;3H,1H2,2H3;1-2H2. The lowest BCUT2D eigenvalue weighted by molar-refractivity contribution is 0.102. The van der Waals surface area contributed by atoms with Gasteiger partial charge in [-0.2, -0.15) is 0 Å². The molecule has 2 heterocycles. The third kappa shape index (κ3) is 9.45. The number of hydrogen-bond acceptors (Lipinski definition) is 3. The Morgan fingerprint density at radius 2 is 1.50 bits per heavy atom. The topological polar surface area (TPSA) is 34.3 Å². The van der Waals surface area contributed by atoms with Crippen LogP contribution in [0, 0.1) is 0 Å². The highest BCUT2D eigenvalue weighted by molar-refractivity contribution is 4.71. The van der Waals surface area contributed by atoms with Crippen LogP contribution in [0.4, 0.5) is 0 Å². The number of hydrogen-bond donors (Lipinski definition) is 0. The molecule has 0 N–H and O–H groups in total. The van der Waals surface area contributed by atoms with Crippen molar-refractivity contribution in [1.82, 2.24) is 0 Å². The van der Waals surface area contributed by atoms with E-state index in [4.69, 9.17) is 14.2 Å². The van der Waals surface area contributed by atoms with E-state index in [0.717, 1.165) is 26.4 Å². The molecule has 0 aromatic rings. The lowest BCUT2D eigenvalue weighted by Crippen LogP contribution is -2.06. The quantitative estimate of drug-likeness (QED) is 0.512. The highest BCUT2D eigenvalue weighted by atomic mass is 16.6. The predicted molar refractivity (Wildman–Crippen MR) is 57.4 cm³/mol. The Labute approximate surface area is 86.4 Å². The molecular formula is C11H20O3. The van der Waals surface area contributed by atoms with Crippen molar-refractivity contribution in [3.05, 3.63) is 25.8 Å². The fourth-order valence-corrected chi connectivity index (χ4v) is 0.659. The molecular weight excluding hydrogens is 180 g/mol. The zero-order chi connectivity index (χ0) is 10.8. The number of allylic oxidation sites excluding steroid dienone is 1. The summed E-state index contributed by atoms with van der Waals surface area (Å²) in [7, 11) is 0. The zero-order valence-electron chi connectivity index (χ0n) is 8.91. The van der Waals surface area contributed by atoms with Crippen LogP contribution in [-0.2, 0) is 14.2 Å². The monoisotopic (exact) mass is 200 g/mol. The second kappa shape index (κ2) is 8.94. The summed E-state index contributed by atoms with van der Waals surface area (Å²) in [5.41, 5.74) is 0. The summed E-state index contributed by atoms with van der Waals surface area (Å²) in [5, 5.41) is 0. The third-order valence-electron chi connectivity index (χ3n) is 1.41. The van der Waals surface area contributed by atoms with Gasteiger partial charge in [0.05, 0.1) is 26.4 Å². The number of epoxide rings is 2. The van der Waals surface area contributed by atoms with Crippen molar-refractivity contribution >= 4 is 0 Å². The largest absolute Gasteiger partial charge is 0.376 e. The van der Waals surface area contributed by atoms with Crippen LogP contribution in [0.5, 0.6) is 0 Å². The maximum Gasteiger partial charge on any atom is 0.104 e. The van der Waals surface area contributed by atoms with E-state index in [9.17, 15) is 0 Å². The van der Waals surface area contributed by atoms with Crippen molar-refractivity contribution in [2.24, 2.45) is 0 Å². The van der Waals surface area contributed by atoms with Gasteiger partial charge in [-0.05, 0) is 6.92 Å². The van der Waals surface area contributed by atoms with Crippen LogP contribution >= 0.6 is 0 Å². The highest BCUT2D eigenvalue weighted by Gasteiger charge is 2.26. The first-order chi connectivity index (χ1) is 6.86. The molecule has 3 nitrogen and oxygen atoms in total.